The van der Waals surface area contributed by atoms with Crippen LogP contribution in [0.4, 0.5) is 5.69 Å². The molecule has 1 aliphatic rings. The molecule has 0 radical (unpaired) electrons. The molecule has 0 saturated carbocycles. The van der Waals surface area contributed by atoms with Crippen LogP contribution in [-0.2, 0) is 10.0 Å². The van der Waals surface area contributed by atoms with Gasteiger partial charge >= 0.3 is 0 Å². The van der Waals surface area contributed by atoms with E-state index in [1.807, 2.05) is 13.8 Å². The number of carbonyl (C=O) groups excluding carboxylic acids is 1. The summed E-state index contributed by atoms with van der Waals surface area (Å²) in [6, 6.07) is 11.5. The van der Waals surface area contributed by atoms with Crippen molar-refractivity contribution in [2.75, 3.05) is 18.4 Å². The maximum absolute atomic E-state index is 12.7. The second kappa shape index (κ2) is 10.1. The highest BCUT2D eigenvalue weighted by molar-refractivity contribution is 9.10. The molecule has 2 aromatic carbocycles. The van der Waals surface area contributed by atoms with Crippen molar-refractivity contribution < 1.29 is 17.9 Å². The highest BCUT2D eigenvalue weighted by Gasteiger charge is 2.27. The molecule has 2 aromatic rings. The number of hydrogen-bond donors (Lipinski definition) is 2. The summed E-state index contributed by atoms with van der Waals surface area (Å²) in [5.41, 5.74) is 0.915. The predicted molar refractivity (Wildman–Crippen MR) is 128 cm³/mol. The van der Waals surface area contributed by atoms with Crippen LogP contribution in [0.3, 0.4) is 0 Å². The van der Waals surface area contributed by atoms with Crippen molar-refractivity contribution in [1.29, 1.82) is 0 Å². The summed E-state index contributed by atoms with van der Waals surface area (Å²) in [6.07, 6.45) is 1.68. The highest BCUT2D eigenvalue weighted by Crippen LogP contribution is 2.25. The van der Waals surface area contributed by atoms with Crippen LogP contribution in [0, 0.1) is 0 Å². The number of ether oxygens (including phenoxy) is 1. The maximum Gasteiger partial charge on any atom is 0.261 e. The molecule has 3 rings (SSSR count). The van der Waals surface area contributed by atoms with Gasteiger partial charge in [0.05, 0.1) is 16.6 Å². The molecule has 1 amide bonds. The first-order valence-electron chi connectivity index (χ1n) is 9.85. The molecule has 1 saturated heterocycles. The van der Waals surface area contributed by atoms with Crippen LogP contribution in [0.5, 0.6) is 5.75 Å². The number of halogens is 1. The van der Waals surface area contributed by atoms with Gasteiger partial charge in [0.15, 0.2) is 5.11 Å². The minimum atomic E-state index is -3.47. The smallest absolute Gasteiger partial charge is 0.261 e. The van der Waals surface area contributed by atoms with E-state index in [4.69, 9.17) is 17.0 Å². The largest absolute Gasteiger partial charge is 0.490 e. The number of hydrogen-bond acceptors (Lipinski definition) is 5. The third kappa shape index (κ3) is 6.03. The number of anilines is 1. The van der Waals surface area contributed by atoms with Crippen LogP contribution in [0.1, 0.15) is 37.0 Å². The first-order chi connectivity index (χ1) is 14.7. The lowest BCUT2D eigenvalue weighted by molar-refractivity contribution is 0.0972. The molecule has 1 heterocycles. The molecule has 2 N–H and O–H groups in total. The zero-order valence-corrected chi connectivity index (χ0v) is 20.4. The van der Waals surface area contributed by atoms with Gasteiger partial charge in [-0.3, -0.25) is 10.1 Å². The topological polar surface area (TPSA) is 87.7 Å². The Hall–Kier alpha value is -2.01. The number of sulfonamides is 1. The number of amides is 1. The van der Waals surface area contributed by atoms with E-state index in [9.17, 15) is 13.2 Å². The Morgan fingerprint density at radius 3 is 2.39 bits per heavy atom. The van der Waals surface area contributed by atoms with Gasteiger partial charge in [-0.05, 0) is 81.4 Å². The summed E-state index contributed by atoms with van der Waals surface area (Å²) in [6.45, 7) is 4.86. The molecule has 10 heteroatoms. The van der Waals surface area contributed by atoms with E-state index in [1.54, 1.807) is 30.3 Å². The number of rotatable bonds is 6. The summed E-state index contributed by atoms with van der Waals surface area (Å²) in [5.74, 6) is 0.0395. The van der Waals surface area contributed by atoms with Crippen molar-refractivity contribution in [2.24, 2.45) is 0 Å². The molecular formula is C21H24BrN3O4S2. The van der Waals surface area contributed by atoms with E-state index >= 15 is 0 Å². The Kier molecular flexibility index (Phi) is 7.68. The lowest BCUT2D eigenvalue weighted by Crippen LogP contribution is -2.34. The van der Waals surface area contributed by atoms with Crippen LogP contribution in [0.25, 0.3) is 0 Å². The van der Waals surface area contributed by atoms with Crippen LogP contribution >= 0.6 is 28.1 Å². The average molecular weight is 526 g/mol. The second-order valence-corrected chi connectivity index (χ2v) is 10.6. The molecule has 0 bridgehead atoms. The van der Waals surface area contributed by atoms with Gasteiger partial charge in [-0.2, -0.15) is 4.31 Å². The fourth-order valence-corrected chi connectivity index (χ4v) is 5.25. The molecule has 166 valence electrons. The number of carbonyl (C=O) groups is 1. The Labute approximate surface area is 196 Å². The van der Waals surface area contributed by atoms with Crippen molar-refractivity contribution >= 4 is 54.9 Å². The molecular weight excluding hydrogens is 502 g/mol. The lowest BCUT2D eigenvalue weighted by Gasteiger charge is -2.16. The van der Waals surface area contributed by atoms with E-state index in [2.05, 4.69) is 26.6 Å². The minimum Gasteiger partial charge on any atom is -0.490 e. The van der Waals surface area contributed by atoms with Gasteiger partial charge in [0, 0.05) is 23.2 Å². The van der Waals surface area contributed by atoms with Crippen LogP contribution < -0.4 is 15.4 Å². The zero-order valence-electron chi connectivity index (χ0n) is 17.2. The first kappa shape index (κ1) is 23.6. The Morgan fingerprint density at radius 2 is 1.77 bits per heavy atom. The monoisotopic (exact) mass is 525 g/mol. The van der Waals surface area contributed by atoms with Crippen molar-refractivity contribution in [2.45, 2.75) is 37.7 Å². The Morgan fingerprint density at radius 1 is 1.13 bits per heavy atom. The summed E-state index contributed by atoms with van der Waals surface area (Å²) in [4.78, 5) is 12.9. The third-order valence-corrected chi connectivity index (χ3v) is 7.20. The van der Waals surface area contributed by atoms with Crippen molar-refractivity contribution in [1.82, 2.24) is 9.62 Å². The molecule has 31 heavy (non-hydrogen) atoms. The fraction of sp³-hybridized carbons (Fsp3) is 0.333. The standard InChI is InChI=1S/C21H24BrN3O4S2/c1-14(2)29-19-10-5-15(22)13-18(19)20(26)24-21(30)23-16-6-8-17(9-7-16)31(27,28)25-11-3-4-12-25/h5-10,13-14H,3-4,11-12H2,1-2H3,(H2,23,24,26,30). The van der Waals surface area contributed by atoms with E-state index in [1.165, 1.54) is 16.4 Å². The zero-order chi connectivity index (χ0) is 22.6. The van der Waals surface area contributed by atoms with Gasteiger partial charge in [-0.15, -0.1) is 0 Å². The van der Waals surface area contributed by atoms with Crippen LogP contribution in [0.15, 0.2) is 51.8 Å². The van der Waals surface area contributed by atoms with Gasteiger partial charge in [0.2, 0.25) is 10.0 Å². The van der Waals surface area contributed by atoms with Gasteiger partial charge in [0.25, 0.3) is 5.91 Å². The summed E-state index contributed by atoms with van der Waals surface area (Å²) in [5, 5.41) is 5.63. The van der Waals surface area contributed by atoms with E-state index in [0.29, 0.717) is 30.1 Å². The molecule has 0 unspecified atom stereocenters. The summed E-state index contributed by atoms with van der Waals surface area (Å²) in [7, 11) is -3.47. The van der Waals surface area contributed by atoms with Gasteiger partial charge in [-0.1, -0.05) is 15.9 Å². The molecule has 1 aliphatic heterocycles. The lowest BCUT2D eigenvalue weighted by atomic mass is 10.2. The summed E-state index contributed by atoms with van der Waals surface area (Å²) >= 11 is 8.61. The molecule has 1 fully saturated rings. The number of benzene rings is 2. The average Bonchev–Trinajstić information content (AvgIpc) is 3.25. The number of nitrogens with one attached hydrogen (secondary N) is 2. The van der Waals surface area contributed by atoms with Crippen LogP contribution in [-0.4, -0.2) is 42.9 Å². The number of thiocarbonyl (C=S) groups is 1. The minimum absolute atomic E-state index is 0.0897. The van der Waals surface area contributed by atoms with Crippen molar-refractivity contribution in [3.8, 4) is 5.75 Å². The third-order valence-electron chi connectivity index (χ3n) is 4.59. The molecule has 0 aliphatic carbocycles. The predicted octanol–water partition coefficient (Wildman–Crippen LogP) is 4.15. The second-order valence-electron chi connectivity index (χ2n) is 7.35. The summed E-state index contributed by atoms with van der Waals surface area (Å²) < 4.78 is 33.2. The molecule has 7 nitrogen and oxygen atoms in total. The maximum atomic E-state index is 12.7. The van der Waals surface area contributed by atoms with Crippen molar-refractivity contribution in [3.63, 3.8) is 0 Å². The van der Waals surface area contributed by atoms with E-state index < -0.39 is 15.9 Å². The van der Waals surface area contributed by atoms with Gasteiger partial charge in [-0.25, -0.2) is 8.42 Å². The van der Waals surface area contributed by atoms with Gasteiger partial charge < -0.3 is 10.1 Å². The highest BCUT2D eigenvalue weighted by atomic mass is 79.9. The Bertz CT molecular complexity index is 1070. The van der Waals surface area contributed by atoms with E-state index in [0.717, 1.165) is 17.3 Å². The molecule has 0 atom stereocenters. The van der Waals surface area contributed by atoms with Crippen molar-refractivity contribution in [3.05, 3.63) is 52.5 Å². The number of nitrogens with zero attached hydrogens (tertiary/aromatic N) is 1. The molecule has 0 aromatic heterocycles. The van der Waals surface area contributed by atoms with Crippen LogP contribution in [0.2, 0.25) is 0 Å². The quantitative estimate of drug-likeness (QED) is 0.550. The SMILES string of the molecule is CC(C)Oc1ccc(Br)cc1C(=O)NC(=S)Nc1ccc(S(=O)(=O)N2CCCC2)cc1. The van der Waals surface area contributed by atoms with E-state index in [-0.39, 0.29) is 16.1 Å². The molecule has 0 spiro atoms. The fourth-order valence-electron chi connectivity index (χ4n) is 3.16. The van der Waals surface area contributed by atoms with Gasteiger partial charge in [0.1, 0.15) is 5.75 Å². The Balaban J connectivity index is 1.66. The first-order valence-corrected chi connectivity index (χ1v) is 12.5. The normalized spacial score (nSPS) is 14.5.